The maximum absolute atomic E-state index is 4.18. The van der Waals surface area contributed by atoms with Crippen LogP contribution in [0.3, 0.4) is 0 Å². The van der Waals surface area contributed by atoms with Crippen molar-refractivity contribution in [3.05, 3.63) is 72.4 Å². The van der Waals surface area contributed by atoms with Gasteiger partial charge in [0.05, 0.1) is 6.20 Å². The average molecular weight is 285 g/mol. The van der Waals surface area contributed by atoms with Gasteiger partial charge in [0, 0.05) is 5.56 Å². The first-order valence-electron chi connectivity index (χ1n) is 7.28. The molecule has 0 spiro atoms. The molecule has 106 valence electrons. The molecular weight excluding hydrogens is 270 g/mol. The first-order chi connectivity index (χ1) is 10.8. The van der Waals surface area contributed by atoms with Crippen molar-refractivity contribution in [3.8, 4) is 22.4 Å². The molecule has 1 N–H and O–H groups in total. The highest BCUT2D eigenvalue weighted by atomic mass is 15.3. The van der Waals surface area contributed by atoms with Crippen LogP contribution < -0.4 is 0 Å². The smallest absolute Gasteiger partial charge is 0.112 e. The lowest BCUT2D eigenvalue weighted by atomic mass is 9.93. The van der Waals surface area contributed by atoms with E-state index in [0.29, 0.717) is 0 Å². The largest absolute Gasteiger partial charge is 0.197 e. The number of hydrogen-bond donors (Lipinski definition) is 1. The SMILES string of the molecule is Cc1ccc(-c2cn[nH]n2)cc1-c1cccc2ccccc12. The van der Waals surface area contributed by atoms with Crippen LogP contribution in [0.1, 0.15) is 5.56 Å². The van der Waals surface area contributed by atoms with Crippen LogP contribution in [-0.2, 0) is 0 Å². The summed E-state index contributed by atoms with van der Waals surface area (Å²) in [6.45, 7) is 2.14. The third-order valence-corrected chi connectivity index (χ3v) is 4.03. The van der Waals surface area contributed by atoms with Gasteiger partial charge in [0.2, 0.25) is 0 Å². The van der Waals surface area contributed by atoms with E-state index in [1.807, 2.05) is 0 Å². The molecule has 0 saturated carbocycles. The molecule has 4 aromatic rings. The maximum atomic E-state index is 4.18. The van der Waals surface area contributed by atoms with Gasteiger partial charge in [-0.2, -0.15) is 15.4 Å². The number of nitrogens with one attached hydrogen (secondary N) is 1. The summed E-state index contributed by atoms with van der Waals surface area (Å²) in [5.41, 5.74) is 5.67. The molecule has 0 fully saturated rings. The van der Waals surface area contributed by atoms with E-state index in [0.717, 1.165) is 11.3 Å². The Bertz CT molecular complexity index is 935. The van der Waals surface area contributed by atoms with Gasteiger partial charge in [0.1, 0.15) is 5.69 Å². The van der Waals surface area contributed by atoms with E-state index in [1.54, 1.807) is 6.20 Å². The standard InChI is InChI=1S/C19H15N3/c1-13-9-10-15(19-12-20-22-21-19)11-18(13)17-8-4-6-14-5-2-3-7-16(14)17/h2-12H,1H3,(H,20,21,22). The highest BCUT2D eigenvalue weighted by molar-refractivity contribution is 5.97. The summed E-state index contributed by atoms with van der Waals surface area (Å²) in [4.78, 5) is 0. The molecule has 0 amide bonds. The van der Waals surface area contributed by atoms with E-state index in [-0.39, 0.29) is 0 Å². The Morgan fingerprint density at radius 2 is 1.73 bits per heavy atom. The van der Waals surface area contributed by atoms with Crippen molar-refractivity contribution in [1.29, 1.82) is 0 Å². The number of hydrogen-bond acceptors (Lipinski definition) is 2. The van der Waals surface area contributed by atoms with Gasteiger partial charge in [0.15, 0.2) is 0 Å². The van der Waals surface area contributed by atoms with Crippen LogP contribution >= 0.6 is 0 Å². The topological polar surface area (TPSA) is 41.6 Å². The van der Waals surface area contributed by atoms with Gasteiger partial charge in [-0.15, -0.1) is 0 Å². The second kappa shape index (κ2) is 5.11. The lowest BCUT2D eigenvalue weighted by Crippen LogP contribution is -1.87. The number of H-pyrrole nitrogens is 1. The number of fused-ring (bicyclic) bond motifs is 1. The van der Waals surface area contributed by atoms with E-state index in [9.17, 15) is 0 Å². The van der Waals surface area contributed by atoms with Crippen molar-refractivity contribution < 1.29 is 0 Å². The summed E-state index contributed by atoms with van der Waals surface area (Å²) in [5, 5.41) is 13.3. The number of rotatable bonds is 2. The summed E-state index contributed by atoms with van der Waals surface area (Å²) in [7, 11) is 0. The lowest BCUT2D eigenvalue weighted by molar-refractivity contribution is 0.942. The Morgan fingerprint density at radius 1 is 0.864 bits per heavy atom. The number of aromatic amines is 1. The molecule has 0 unspecified atom stereocenters. The minimum atomic E-state index is 0.862. The van der Waals surface area contributed by atoms with Crippen molar-refractivity contribution in [3.63, 3.8) is 0 Å². The molecule has 3 nitrogen and oxygen atoms in total. The zero-order valence-electron chi connectivity index (χ0n) is 12.2. The lowest BCUT2D eigenvalue weighted by Gasteiger charge is -2.11. The van der Waals surface area contributed by atoms with Crippen LogP contribution in [0.15, 0.2) is 66.9 Å². The molecule has 22 heavy (non-hydrogen) atoms. The molecule has 0 radical (unpaired) electrons. The van der Waals surface area contributed by atoms with E-state index >= 15 is 0 Å². The summed E-state index contributed by atoms with van der Waals surface area (Å²) in [6, 6.07) is 21.3. The molecule has 0 atom stereocenters. The molecule has 0 aliphatic rings. The predicted octanol–water partition coefficient (Wildman–Crippen LogP) is 4.60. The minimum absolute atomic E-state index is 0.862. The van der Waals surface area contributed by atoms with Crippen molar-refractivity contribution in [2.45, 2.75) is 6.92 Å². The number of benzene rings is 3. The Labute approximate surface area is 128 Å². The van der Waals surface area contributed by atoms with E-state index in [2.05, 4.69) is 83.0 Å². The molecule has 3 aromatic carbocycles. The molecule has 0 bridgehead atoms. The average Bonchev–Trinajstić information content (AvgIpc) is 3.09. The van der Waals surface area contributed by atoms with Gasteiger partial charge < -0.3 is 0 Å². The Balaban J connectivity index is 1.96. The summed E-state index contributed by atoms with van der Waals surface area (Å²) in [5.74, 6) is 0. The van der Waals surface area contributed by atoms with E-state index in [4.69, 9.17) is 0 Å². The van der Waals surface area contributed by atoms with E-state index in [1.165, 1.54) is 27.5 Å². The van der Waals surface area contributed by atoms with Crippen molar-refractivity contribution >= 4 is 10.8 Å². The monoisotopic (exact) mass is 285 g/mol. The third-order valence-electron chi connectivity index (χ3n) is 4.03. The van der Waals surface area contributed by atoms with Gasteiger partial charge in [0.25, 0.3) is 0 Å². The third kappa shape index (κ3) is 2.07. The van der Waals surface area contributed by atoms with Gasteiger partial charge in [-0.25, -0.2) is 0 Å². The molecular formula is C19H15N3. The zero-order chi connectivity index (χ0) is 14.9. The number of nitrogens with zero attached hydrogens (tertiary/aromatic N) is 2. The van der Waals surface area contributed by atoms with Crippen LogP contribution in [-0.4, -0.2) is 15.4 Å². The highest BCUT2D eigenvalue weighted by Gasteiger charge is 2.09. The van der Waals surface area contributed by atoms with Crippen molar-refractivity contribution in [2.24, 2.45) is 0 Å². The minimum Gasteiger partial charge on any atom is -0.197 e. The van der Waals surface area contributed by atoms with Gasteiger partial charge in [-0.05, 0) is 40.5 Å². The maximum Gasteiger partial charge on any atom is 0.112 e. The van der Waals surface area contributed by atoms with Crippen LogP contribution in [0, 0.1) is 6.92 Å². The first kappa shape index (κ1) is 12.8. The fourth-order valence-corrected chi connectivity index (χ4v) is 2.87. The van der Waals surface area contributed by atoms with Crippen LogP contribution in [0.25, 0.3) is 33.2 Å². The summed E-state index contributed by atoms with van der Waals surface area (Å²) >= 11 is 0. The second-order valence-electron chi connectivity index (χ2n) is 5.41. The van der Waals surface area contributed by atoms with Crippen LogP contribution in [0.5, 0.6) is 0 Å². The Kier molecular flexibility index (Phi) is 2.97. The van der Waals surface area contributed by atoms with Gasteiger partial charge in [-0.3, -0.25) is 0 Å². The molecule has 0 aliphatic heterocycles. The number of aromatic nitrogens is 3. The Morgan fingerprint density at radius 3 is 2.59 bits per heavy atom. The molecule has 1 heterocycles. The molecule has 0 saturated heterocycles. The zero-order valence-corrected chi connectivity index (χ0v) is 12.2. The van der Waals surface area contributed by atoms with Crippen molar-refractivity contribution in [1.82, 2.24) is 15.4 Å². The fraction of sp³-hybridized carbons (Fsp3) is 0.0526. The molecule has 0 aliphatic carbocycles. The fourth-order valence-electron chi connectivity index (χ4n) is 2.87. The summed E-state index contributed by atoms with van der Waals surface area (Å²) < 4.78 is 0. The quantitative estimate of drug-likeness (QED) is 0.584. The predicted molar refractivity (Wildman–Crippen MR) is 89.5 cm³/mol. The molecule has 1 aromatic heterocycles. The van der Waals surface area contributed by atoms with Crippen LogP contribution in [0.4, 0.5) is 0 Å². The van der Waals surface area contributed by atoms with E-state index < -0.39 is 0 Å². The summed E-state index contributed by atoms with van der Waals surface area (Å²) in [6.07, 6.45) is 1.75. The van der Waals surface area contributed by atoms with Gasteiger partial charge >= 0.3 is 0 Å². The van der Waals surface area contributed by atoms with Gasteiger partial charge in [-0.1, -0.05) is 54.6 Å². The first-order valence-corrected chi connectivity index (χ1v) is 7.28. The van der Waals surface area contributed by atoms with Crippen LogP contribution in [0.2, 0.25) is 0 Å². The van der Waals surface area contributed by atoms with Crippen molar-refractivity contribution in [2.75, 3.05) is 0 Å². The number of aryl methyl sites for hydroxylation is 1. The second-order valence-corrected chi connectivity index (χ2v) is 5.41. The normalized spacial score (nSPS) is 11.0. The Hall–Kier alpha value is -2.94. The highest BCUT2D eigenvalue weighted by Crippen LogP contribution is 2.33. The molecule has 4 rings (SSSR count). The molecule has 3 heteroatoms.